The number of anilines is 1. The van der Waals surface area contributed by atoms with Crippen molar-refractivity contribution in [3.05, 3.63) is 99.9 Å². The summed E-state index contributed by atoms with van der Waals surface area (Å²) in [6.07, 6.45) is 1.01. The second-order valence-corrected chi connectivity index (χ2v) is 8.15. The van der Waals surface area contributed by atoms with Gasteiger partial charge in [-0.25, -0.2) is 4.98 Å². The molecule has 0 saturated heterocycles. The molecule has 0 atom stereocenters. The highest BCUT2D eigenvalue weighted by molar-refractivity contribution is 6.05. The van der Waals surface area contributed by atoms with E-state index in [4.69, 9.17) is 4.98 Å². The molecule has 166 valence electrons. The number of rotatable bonds is 6. The minimum absolute atomic E-state index is 0.0469. The zero-order valence-electron chi connectivity index (χ0n) is 18.0. The maximum absolute atomic E-state index is 12.5. The lowest BCUT2D eigenvalue weighted by Crippen LogP contribution is -2.35. The molecule has 0 radical (unpaired) electrons. The van der Waals surface area contributed by atoms with Gasteiger partial charge in [-0.05, 0) is 42.3 Å². The molecule has 1 aliphatic heterocycles. The molecule has 2 heterocycles. The number of aromatic nitrogens is 2. The van der Waals surface area contributed by atoms with E-state index in [9.17, 15) is 14.9 Å². The summed E-state index contributed by atoms with van der Waals surface area (Å²) in [6, 6.07) is 21.8. The van der Waals surface area contributed by atoms with Crippen LogP contribution in [0.4, 0.5) is 11.4 Å². The first-order valence-corrected chi connectivity index (χ1v) is 10.9. The Hall–Kier alpha value is -4.04. The van der Waals surface area contributed by atoms with Gasteiger partial charge >= 0.3 is 0 Å². The van der Waals surface area contributed by atoms with Crippen LogP contribution in [0, 0.1) is 10.1 Å². The summed E-state index contributed by atoms with van der Waals surface area (Å²) < 4.78 is 2.25. The van der Waals surface area contributed by atoms with Crippen LogP contribution in [0.15, 0.2) is 72.8 Å². The first kappa shape index (κ1) is 20.8. The van der Waals surface area contributed by atoms with Crippen LogP contribution in [0.5, 0.6) is 0 Å². The molecule has 8 nitrogen and oxygen atoms in total. The predicted molar refractivity (Wildman–Crippen MR) is 126 cm³/mol. The van der Waals surface area contributed by atoms with Crippen molar-refractivity contribution < 1.29 is 9.72 Å². The van der Waals surface area contributed by atoms with Crippen molar-refractivity contribution >= 4 is 28.3 Å². The zero-order valence-corrected chi connectivity index (χ0v) is 18.0. The zero-order chi connectivity index (χ0) is 22.8. The van der Waals surface area contributed by atoms with Gasteiger partial charge < -0.3 is 9.88 Å². The number of hydrogen-bond acceptors (Lipinski definition) is 5. The molecule has 5 rings (SSSR count). The van der Waals surface area contributed by atoms with E-state index < -0.39 is 4.92 Å². The van der Waals surface area contributed by atoms with Crippen LogP contribution < -0.4 is 5.32 Å². The van der Waals surface area contributed by atoms with Gasteiger partial charge in [0, 0.05) is 43.0 Å². The van der Waals surface area contributed by atoms with E-state index in [0.29, 0.717) is 11.3 Å². The number of hydrogen-bond donors (Lipinski definition) is 1. The highest BCUT2D eigenvalue weighted by Gasteiger charge is 2.20. The number of nitrogens with zero attached hydrogens (tertiary/aromatic N) is 4. The number of fused-ring (bicyclic) bond motifs is 3. The third kappa shape index (κ3) is 4.47. The predicted octanol–water partition coefficient (Wildman–Crippen LogP) is 4.26. The number of non-ortho nitro benzene ring substituents is 1. The van der Waals surface area contributed by atoms with Gasteiger partial charge in [0.2, 0.25) is 0 Å². The fourth-order valence-corrected chi connectivity index (χ4v) is 4.21. The van der Waals surface area contributed by atoms with Gasteiger partial charge in [0.25, 0.3) is 11.6 Å². The van der Waals surface area contributed by atoms with Crippen molar-refractivity contribution in [3.8, 4) is 0 Å². The van der Waals surface area contributed by atoms with E-state index in [1.807, 2.05) is 24.3 Å². The van der Waals surface area contributed by atoms with Crippen LogP contribution in [-0.4, -0.2) is 38.4 Å². The molecule has 0 aliphatic carbocycles. The van der Waals surface area contributed by atoms with E-state index in [0.717, 1.165) is 49.5 Å². The third-order valence-corrected chi connectivity index (χ3v) is 5.99. The average molecular weight is 441 g/mol. The molecule has 0 bridgehead atoms. The summed E-state index contributed by atoms with van der Waals surface area (Å²) in [4.78, 5) is 30.1. The lowest BCUT2D eigenvalue weighted by molar-refractivity contribution is -0.384. The maximum atomic E-state index is 12.5. The van der Waals surface area contributed by atoms with Crippen molar-refractivity contribution in [2.75, 3.05) is 18.4 Å². The van der Waals surface area contributed by atoms with Crippen LogP contribution in [0.2, 0.25) is 0 Å². The van der Waals surface area contributed by atoms with Gasteiger partial charge in [0.05, 0.1) is 22.5 Å². The Labute approximate surface area is 190 Å². The maximum Gasteiger partial charge on any atom is 0.269 e. The topological polar surface area (TPSA) is 93.3 Å². The van der Waals surface area contributed by atoms with Crippen LogP contribution >= 0.6 is 0 Å². The molecule has 0 fully saturated rings. The fraction of sp³-hybridized carbons (Fsp3) is 0.200. The summed E-state index contributed by atoms with van der Waals surface area (Å²) in [5.74, 6) is 0.712. The van der Waals surface area contributed by atoms with Crippen molar-refractivity contribution in [2.45, 2.75) is 19.5 Å². The molecule has 1 aliphatic rings. The molecule has 1 N–H and O–H groups in total. The lowest BCUT2D eigenvalue weighted by Gasteiger charge is -2.27. The second kappa shape index (κ2) is 8.84. The standard InChI is InChI=1S/C25H23N5O3/c31-25(19-6-9-21(10-7-19)30(32)33)26-20-8-11-23-22(16-20)27-24-17-28(14-15-29(23)24)13-12-18-4-2-1-3-5-18/h1-11,16H,12-15,17H2,(H,26,31). The van der Waals surface area contributed by atoms with Crippen molar-refractivity contribution in [1.82, 2.24) is 14.5 Å². The number of nitro benzene ring substituents is 1. The van der Waals surface area contributed by atoms with E-state index in [-0.39, 0.29) is 11.6 Å². The van der Waals surface area contributed by atoms with Gasteiger partial charge in [0.15, 0.2) is 0 Å². The Morgan fingerprint density at radius 3 is 2.58 bits per heavy atom. The monoisotopic (exact) mass is 441 g/mol. The Balaban J connectivity index is 1.28. The highest BCUT2D eigenvalue weighted by Crippen LogP contribution is 2.24. The first-order chi connectivity index (χ1) is 16.1. The van der Waals surface area contributed by atoms with E-state index in [1.54, 1.807) is 0 Å². The lowest BCUT2D eigenvalue weighted by atomic mass is 10.1. The fourth-order valence-electron chi connectivity index (χ4n) is 4.21. The Morgan fingerprint density at radius 1 is 1.03 bits per heavy atom. The molecule has 0 spiro atoms. The minimum atomic E-state index is -0.487. The van der Waals surface area contributed by atoms with Crippen molar-refractivity contribution in [1.29, 1.82) is 0 Å². The van der Waals surface area contributed by atoms with Gasteiger partial charge in [-0.15, -0.1) is 0 Å². The SMILES string of the molecule is O=C(Nc1ccc2c(c1)nc1n2CCN(CCc2ccccc2)C1)c1ccc([N+](=O)[O-])cc1. The normalized spacial score (nSPS) is 13.6. The molecule has 1 aromatic heterocycles. The van der Waals surface area contributed by atoms with Gasteiger partial charge in [-0.3, -0.25) is 19.8 Å². The van der Waals surface area contributed by atoms with Gasteiger partial charge in [-0.1, -0.05) is 30.3 Å². The number of benzene rings is 3. The van der Waals surface area contributed by atoms with E-state index in [1.165, 1.54) is 29.8 Å². The molecule has 8 heteroatoms. The number of nitro groups is 1. The van der Waals surface area contributed by atoms with Crippen molar-refractivity contribution in [3.63, 3.8) is 0 Å². The molecule has 3 aromatic carbocycles. The number of amides is 1. The summed E-state index contributed by atoms with van der Waals surface area (Å²) >= 11 is 0. The Bertz CT molecular complexity index is 1320. The summed E-state index contributed by atoms with van der Waals surface area (Å²) in [5, 5.41) is 13.7. The summed E-state index contributed by atoms with van der Waals surface area (Å²) in [5.41, 5.74) is 4.19. The number of carbonyl (C=O) groups excluding carboxylic acids is 1. The van der Waals surface area contributed by atoms with Gasteiger partial charge in [0.1, 0.15) is 5.82 Å². The average Bonchev–Trinajstić information content (AvgIpc) is 3.20. The van der Waals surface area contributed by atoms with Crippen LogP contribution in [0.3, 0.4) is 0 Å². The minimum Gasteiger partial charge on any atom is -0.326 e. The summed E-state index contributed by atoms with van der Waals surface area (Å²) in [6.45, 7) is 3.65. The Kier molecular flexibility index (Phi) is 5.58. The van der Waals surface area contributed by atoms with E-state index in [2.05, 4.69) is 39.0 Å². The van der Waals surface area contributed by atoms with Gasteiger partial charge in [-0.2, -0.15) is 0 Å². The van der Waals surface area contributed by atoms with Crippen molar-refractivity contribution in [2.24, 2.45) is 0 Å². The van der Waals surface area contributed by atoms with E-state index >= 15 is 0 Å². The second-order valence-electron chi connectivity index (χ2n) is 8.15. The smallest absolute Gasteiger partial charge is 0.269 e. The van der Waals surface area contributed by atoms with Crippen LogP contribution in [-0.2, 0) is 19.5 Å². The first-order valence-electron chi connectivity index (χ1n) is 10.9. The number of imidazole rings is 1. The highest BCUT2D eigenvalue weighted by atomic mass is 16.6. The Morgan fingerprint density at radius 2 is 1.82 bits per heavy atom. The molecular formula is C25H23N5O3. The van der Waals surface area contributed by atoms with Crippen LogP contribution in [0.1, 0.15) is 21.7 Å². The van der Waals surface area contributed by atoms with Crippen LogP contribution in [0.25, 0.3) is 11.0 Å². The molecule has 0 unspecified atom stereocenters. The summed E-state index contributed by atoms with van der Waals surface area (Å²) in [7, 11) is 0. The molecule has 4 aromatic rings. The number of nitrogens with one attached hydrogen (secondary N) is 1. The number of carbonyl (C=O) groups is 1. The largest absolute Gasteiger partial charge is 0.326 e. The third-order valence-electron chi connectivity index (χ3n) is 5.99. The quantitative estimate of drug-likeness (QED) is 0.357. The molecule has 0 saturated carbocycles. The molecule has 33 heavy (non-hydrogen) atoms. The molecule has 1 amide bonds. The molecular weight excluding hydrogens is 418 g/mol.